The summed E-state index contributed by atoms with van der Waals surface area (Å²) in [6, 6.07) is 6.05. The summed E-state index contributed by atoms with van der Waals surface area (Å²) in [4.78, 5) is 47.4. The molecule has 10 heteroatoms. The van der Waals surface area contributed by atoms with Crippen LogP contribution in [0.4, 0.5) is 11.5 Å². The molecule has 0 saturated carbocycles. The van der Waals surface area contributed by atoms with Gasteiger partial charge in [0.05, 0.1) is 13.7 Å². The fourth-order valence-electron chi connectivity index (χ4n) is 5.10. The number of anilines is 2. The number of likely N-dealkylation sites (tertiary alicyclic amines) is 1. The first-order valence-corrected chi connectivity index (χ1v) is 12.7. The number of ether oxygens (including phenoxy) is 1. The number of nitrogens with one attached hydrogen (secondary N) is 2. The summed E-state index contributed by atoms with van der Waals surface area (Å²) in [5.74, 6) is 1.06. The van der Waals surface area contributed by atoms with E-state index in [9.17, 15) is 14.4 Å². The summed E-state index contributed by atoms with van der Waals surface area (Å²) in [5, 5.41) is 1.17. The number of nitrogens with zero attached hydrogens (tertiary/aromatic N) is 3. The monoisotopic (exact) mass is 496 g/mol. The van der Waals surface area contributed by atoms with Crippen molar-refractivity contribution in [2.75, 3.05) is 43.9 Å². The van der Waals surface area contributed by atoms with Crippen LogP contribution in [-0.4, -0.2) is 58.6 Å². The fourth-order valence-corrected chi connectivity index (χ4v) is 5.10. The largest absolute Gasteiger partial charge is 0.497 e. The van der Waals surface area contributed by atoms with Crippen molar-refractivity contribution in [3.8, 4) is 5.75 Å². The number of amides is 1. The van der Waals surface area contributed by atoms with Crippen molar-refractivity contribution in [1.29, 1.82) is 0 Å². The van der Waals surface area contributed by atoms with E-state index < -0.39 is 11.2 Å². The van der Waals surface area contributed by atoms with Crippen molar-refractivity contribution >= 4 is 28.3 Å². The molecule has 0 unspecified atom stereocenters. The van der Waals surface area contributed by atoms with E-state index in [1.54, 1.807) is 14.0 Å². The van der Waals surface area contributed by atoms with Crippen molar-refractivity contribution in [3.63, 3.8) is 0 Å². The molecule has 0 radical (unpaired) electrons. The Labute approximate surface area is 210 Å². The van der Waals surface area contributed by atoms with Crippen LogP contribution in [0.25, 0.3) is 10.9 Å². The van der Waals surface area contributed by atoms with E-state index in [-0.39, 0.29) is 30.5 Å². The van der Waals surface area contributed by atoms with Crippen molar-refractivity contribution in [2.45, 2.75) is 52.0 Å². The minimum absolute atomic E-state index is 0.0425. The van der Waals surface area contributed by atoms with Gasteiger partial charge in [0, 0.05) is 30.2 Å². The lowest BCUT2D eigenvalue weighted by Crippen LogP contribution is -2.46. The highest BCUT2D eigenvalue weighted by atomic mass is 16.5. The maximum absolute atomic E-state index is 13.3. The van der Waals surface area contributed by atoms with Crippen molar-refractivity contribution in [3.05, 3.63) is 50.8 Å². The molecule has 0 spiro atoms. The first kappa shape index (κ1) is 25.6. The number of H-pyrrole nitrogens is 2. The van der Waals surface area contributed by atoms with Gasteiger partial charge in [0.2, 0.25) is 5.91 Å². The van der Waals surface area contributed by atoms with Gasteiger partial charge in [-0.25, -0.2) is 4.79 Å². The second kappa shape index (κ2) is 11.0. The minimum atomic E-state index is -0.631. The normalized spacial score (nSPS) is 14.9. The van der Waals surface area contributed by atoms with E-state index in [0.29, 0.717) is 12.5 Å². The van der Waals surface area contributed by atoms with E-state index in [1.807, 2.05) is 19.1 Å². The average molecular weight is 497 g/mol. The quantitative estimate of drug-likeness (QED) is 0.418. The zero-order valence-electron chi connectivity index (χ0n) is 21.3. The number of benzene rings is 1. The molecule has 4 N–H and O–H groups in total. The van der Waals surface area contributed by atoms with Crippen LogP contribution in [0.15, 0.2) is 34.0 Å². The first-order chi connectivity index (χ1) is 17.4. The van der Waals surface area contributed by atoms with Gasteiger partial charge in [0.25, 0.3) is 5.56 Å². The topological polar surface area (TPSA) is 129 Å². The van der Waals surface area contributed by atoms with E-state index >= 15 is 0 Å². The molecular formula is C26H36N6O4. The number of methoxy groups -OCH3 is 1. The average Bonchev–Trinajstić information content (AvgIpc) is 3.30. The molecule has 0 aliphatic carbocycles. The second-order valence-corrected chi connectivity index (χ2v) is 9.34. The Morgan fingerprint density at radius 2 is 1.97 bits per heavy atom. The van der Waals surface area contributed by atoms with Crippen molar-refractivity contribution < 1.29 is 9.53 Å². The Bertz CT molecular complexity index is 1330. The smallest absolute Gasteiger partial charge is 0.330 e. The molecule has 1 aliphatic heterocycles. The van der Waals surface area contributed by atoms with Gasteiger partial charge in [-0.15, -0.1) is 0 Å². The van der Waals surface area contributed by atoms with Gasteiger partial charge >= 0.3 is 5.69 Å². The zero-order valence-corrected chi connectivity index (χ0v) is 21.3. The Hall–Kier alpha value is -3.53. The number of nitrogens with two attached hydrogens (primary N) is 1. The Balaban J connectivity index is 1.45. The number of fused-ring (bicyclic) bond motifs is 1. The van der Waals surface area contributed by atoms with E-state index in [1.165, 1.54) is 20.4 Å². The van der Waals surface area contributed by atoms with E-state index in [2.05, 4.69) is 27.1 Å². The third-order valence-corrected chi connectivity index (χ3v) is 7.14. The van der Waals surface area contributed by atoms with Gasteiger partial charge in [-0.1, -0.05) is 13.3 Å². The number of hydrogen-bond acceptors (Lipinski definition) is 6. The lowest BCUT2D eigenvalue weighted by molar-refractivity contribution is -0.120. The predicted octanol–water partition coefficient (Wildman–Crippen LogP) is 2.64. The maximum Gasteiger partial charge on any atom is 0.330 e. The molecule has 1 amide bonds. The van der Waals surface area contributed by atoms with Gasteiger partial charge in [-0.05, 0) is 69.0 Å². The number of nitrogen functional groups attached to an aromatic ring is 1. The maximum atomic E-state index is 13.3. The third kappa shape index (κ3) is 5.04. The highest BCUT2D eigenvalue weighted by Gasteiger charge is 2.28. The van der Waals surface area contributed by atoms with Gasteiger partial charge in [0.15, 0.2) is 5.69 Å². The number of carbonyl (C=O) groups excluding carboxylic acids is 1. The van der Waals surface area contributed by atoms with Crippen molar-refractivity contribution in [1.82, 2.24) is 19.4 Å². The molecule has 3 heterocycles. The van der Waals surface area contributed by atoms with E-state index in [0.717, 1.165) is 50.0 Å². The molecule has 1 saturated heterocycles. The number of piperidine rings is 1. The first-order valence-electron chi connectivity index (χ1n) is 12.7. The summed E-state index contributed by atoms with van der Waals surface area (Å²) in [6.45, 7) is 6.22. The summed E-state index contributed by atoms with van der Waals surface area (Å²) >= 11 is 0. The van der Waals surface area contributed by atoms with Crippen LogP contribution in [0, 0.1) is 0 Å². The Morgan fingerprint density at radius 1 is 1.22 bits per heavy atom. The summed E-state index contributed by atoms with van der Waals surface area (Å²) in [6.07, 6.45) is 5.55. The standard InChI is InChI=1S/C26H36N6O4/c1-4-6-11-32-24(27)23(25(34)29-26(32)35)31(5-2)22(33)16-30-12-9-17(10-13-30)20-15-28-21-8-7-18(36-3)14-19(20)21/h7-8,14-15,17,28H,4-6,9-13,16,27H2,1-3H3,(H,29,34,35). The van der Waals surface area contributed by atoms with Gasteiger partial charge < -0.3 is 20.4 Å². The number of unbranched alkanes of at least 4 members (excludes halogenated alkanes) is 1. The fraction of sp³-hybridized carbons (Fsp3) is 0.500. The molecule has 2 aromatic heterocycles. The number of hydrogen-bond donors (Lipinski definition) is 3. The second-order valence-electron chi connectivity index (χ2n) is 9.34. The van der Waals surface area contributed by atoms with Crippen LogP contribution >= 0.6 is 0 Å². The third-order valence-electron chi connectivity index (χ3n) is 7.14. The molecular weight excluding hydrogens is 460 g/mol. The number of aromatic amines is 2. The summed E-state index contributed by atoms with van der Waals surface area (Å²) in [5.41, 5.74) is 7.48. The predicted molar refractivity (Wildman–Crippen MR) is 142 cm³/mol. The lowest BCUT2D eigenvalue weighted by Gasteiger charge is -2.33. The number of likely N-dealkylation sites (N-methyl/N-ethyl adjacent to an activating group) is 1. The molecule has 1 aromatic carbocycles. The van der Waals surface area contributed by atoms with Crippen molar-refractivity contribution in [2.24, 2.45) is 0 Å². The van der Waals surface area contributed by atoms with Crippen LogP contribution in [0.2, 0.25) is 0 Å². The Kier molecular flexibility index (Phi) is 7.83. The Morgan fingerprint density at radius 3 is 2.64 bits per heavy atom. The number of rotatable bonds is 9. The number of carbonyl (C=O) groups is 1. The number of aromatic nitrogens is 3. The molecule has 1 fully saturated rings. The highest BCUT2D eigenvalue weighted by Crippen LogP contribution is 2.34. The van der Waals surface area contributed by atoms with E-state index in [4.69, 9.17) is 10.5 Å². The lowest BCUT2D eigenvalue weighted by atomic mass is 9.89. The van der Waals surface area contributed by atoms with Crippen LogP contribution in [0.1, 0.15) is 51.0 Å². The van der Waals surface area contributed by atoms with Crippen LogP contribution in [0.3, 0.4) is 0 Å². The molecule has 36 heavy (non-hydrogen) atoms. The molecule has 194 valence electrons. The molecule has 1 aliphatic rings. The highest BCUT2D eigenvalue weighted by molar-refractivity contribution is 5.96. The summed E-state index contributed by atoms with van der Waals surface area (Å²) < 4.78 is 6.74. The molecule has 10 nitrogen and oxygen atoms in total. The van der Waals surface area contributed by atoms with Crippen LogP contribution in [0.5, 0.6) is 5.75 Å². The summed E-state index contributed by atoms with van der Waals surface area (Å²) in [7, 11) is 1.67. The molecule has 3 aromatic rings. The molecule has 0 atom stereocenters. The van der Waals surface area contributed by atoms with Gasteiger partial charge in [-0.2, -0.15) is 0 Å². The SMILES string of the molecule is CCCCn1c(N)c(N(CC)C(=O)CN2CCC(c3c[nH]c4ccc(OC)cc34)CC2)c(=O)[nH]c1=O. The van der Waals surface area contributed by atoms with Gasteiger partial charge in [0.1, 0.15) is 11.6 Å². The molecule has 4 rings (SSSR count). The van der Waals surface area contributed by atoms with Gasteiger partial charge in [-0.3, -0.25) is 24.0 Å². The van der Waals surface area contributed by atoms with Crippen LogP contribution < -0.4 is 26.6 Å². The zero-order chi connectivity index (χ0) is 25.8. The minimum Gasteiger partial charge on any atom is -0.497 e. The van der Waals surface area contributed by atoms with Crippen LogP contribution in [-0.2, 0) is 11.3 Å². The molecule has 0 bridgehead atoms.